The van der Waals surface area contributed by atoms with E-state index in [-0.39, 0.29) is 35.8 Å². The second kappa shape index (κ2) is 12.5. The van der Waals surface area contributed by atoms with Crippen molar-refractivity contribution in [3.8, 4) is 0 Å². The Morgan fingerprint density at radius 1 is 1.21 bits per heavy atom. The first-order valence-corrected chi connectivity index (χ1v) is 10.6. The number of nitrogens with zero attached hydrogens (tertiary/aromatic N) is 2. The molecular formula is C21H30FIN4OS. The van der Waals surface area contributed by atoms with E-state index in [9.17, 15) is 4.39 Å². The third kappa shape index (κ3) is 7.20. The first-order chi connectivity index (χ1) is 13.7. The normalized spacial score (nSPS) is 16.2. The smallest absolute Gasteiger partial charge is 0.191 e. The third-order valence-corrected chi connectivity index (χ3v) is 5.85. The van der Waals surface area contributed by atoms with Crippen molar-refractivity contribution in [2.24, 2.45) is 4.99 Å². The number of thiophene rings is 1. The molecule has 0 aliphatic carbocycles. The summed E-state index contributed by atoms with van der Waals surface area (Å²) >= 11 is 1.83. The van der Waals surface area contributed by atoms with E-state index in [1.807, 2.05) is 24.3 Å². The van der Waals surface area contributed by atoms with Crippen molar-refractivity contribution >= 4 is 41.3 Å². The van der Waals surface area contributed by atoms with Gasteiger partial charge in [0.05, 0.1) is 25.8 Å². The van der Waals surface area contributed by atoms with Crippen molar-refractivity contribution < 1.29 is 9.13 Å². The molecule has 0 amide bonds. The van der Waals surface area contributed by atoms with Crippen LogP contribution in [0.25, 0.3) is 0 Å². The number of hydrogen-bond donors (Lipinski definition) is 2. The summed E-state index contributed by atoms with van der Waals surface area (Å²) in [5, 5.41) is 6.72. The molecule has 1 aromatic carbocycles. The summed E-state index contributed by atoms with van der Waals surface area (Å²) in [7, 11) is 0. The average molecular weight is 532 g/mol. The molecule has 1 aliphatic rings. The molecule has 5 nitrogen and oxygen atoms in total. The highest BCUT2D eigenvalue weighted by atomic mass is 127. The lowest BCUT2D eigenvalue weighted by Gasteiger charge is -2.34. The molecule has 0 bridgehead atoms. The van der Waals surface area contributed by atoms with Gasteiger partial charge < -0.3 is 15.4 Å². The van der Waals surface area contributed by atoms with Gasteiger partial charge in [-0.05, 0) is 32.0 Å². The molecule has 1 saturated heterocycles. The van der Waals surface area contributed by atoms with Crippen molar-refractivity contribution in [1.82, 2.24) is 15.5 Å². The van der Waals surface area contributed by atoms with Gasteiger partial charge in [0.25, 0.3) is 0 Å². The van der Waals surface area contributed by atoms with Gasteiger partial charge in [0.15, 0.2) is 5.96 Å². The average Bonchev–Trinajstić information content (AvgIpc) is 3.14. The van der Waals surface area contributed by atoms with Gasteiger partial charge >= 0.3 is 0 Å². The van der Waals surface area contributed by atoms with Crippen LogP contribution >= 0.6 is 35.3 Å². The standard InChI is InChI=1S/C21H29FN4OS.HI/c1-3-23-21(24-14-17-6-4-5-7-18(17)22)25-15-19(20-9-8-16(2)28-20)26-10-12-27-13-11-26;/h4-9,19H,3,10-15H2,1-2H3,(H2,23,24,25);1H. The highest BCUT2D eigenvalue weighted by Crippen LogP contribution is 2.27. The van der Waals surface area contributed by atoms with Crippen molar-refractivity contribution in [2.45, 2.75) is 26.4 Å². The quantitative estimate of drug-likeness (QED) is 0.322. The van der Waals surface area contributed by atoms with Gasteiger partial charge in [0.1, 0.15) is 5.82 Å². The van der Waals surface area contributed by atoms with Crippen LogP contribution in [0, 0.1) is 12.7 Å². The summed E-state index contributed by atoms with van der Waals surface area (Å²) < 4.78 is 19.4. The van der Waals surface area contributed by atoms with Crippen LogP contribution < -0.4 is 10.6 Å². The summed E-state index contributed by atoms with van der Waals surface area (Å²) in [6, 6.07) is 11.4. The molecule has 1 aliphatic heterocycles. The summed E-state index contributed by atoms with van der Waals surface area (Å²) in [4.78, 5) is 9.69. The molecule has 2 N–H and O–H groups in total. The van der Waals surface area contributed by atoms with Gasteiger partial charge in [-0.3, -0.25) is 4.90 Å². The molecule has 1 fully saturated rings. The minimum atomic E-state index is -0.220. The van der Waals surface area contributed by atoms with E-state index < -0.39 is 0 Å². The predicted octanol–water partition coefficient (Wildman–Crippen LogP) is 3.94. The maximum absolute atomic E-state index is 13.9. The van der Waals surface area contributed by atoms with E-state index in [1.54, 1.807) is 12.1 Å². The lowest BCUT2D eigenvalue weighted by molar-refractivity contribution is 0.0177. The fourth-order valence-corrected chi connectivity index (χ4v) is 4.27. The van der Waals surface area contributed by atoms with E-state index in [2.05, 4.69) is 39.6 Å². The number of halogens is 2. The fourth-order valence-electron chi connectivity index (χ4n) is 3.26. The zero-order valence-corrected chi connectivity index (χ0v) is 20.1. The Hall–Kier alpha value is -1.23. The Kier molecular flexibility index (Phi) is 10.3. The molecule has 0 spiro atoms. The molecular weight excluding hydrogens is 502 g/mol. The van der Waals surface area contributed by atoms with Crippen molar-refractivity contribution in [3.63, 3.8) is 0 Å². The minimum Gasteiger partial charge on any atom is -0.379 e. The zero-order chi connectivity index (χ0) is 19.8. The number of benzene rings is 1. The van der Waals surface area contributed by atoms with E-state index in [4.69, 9.17) is 4.74 Å². The molecule has 0 radical (unpaired) electrons. The van der Waals surface area contributed by atoms with E-state index in [0.29, 0.717) is 18.1 Å². The monoisotopic (exact) mass is 532 g/mol. The molecule has 160 valence electrons. The van der Waals surface area contributed by atoms with Crippen LogP contribution in [0.3, 0.4) is 0 Å². The molecule has 2 heterocycles. The van der Waals surface area contributed by atoms with E-state index in [1.165, 1.54) is 15.8 Å². The zero-order valence-electron chi connectivity index (χ0n) is 17.0. The number of nitrogens with one attached hydrogen (secondary N) is 2. The van der Waals surface area contributed by atoms with Gasteiger partial charge in [-0.2, -0.15) is 0 Å². The first-order valence-electron chi connectivity index (χ1n) is 9.81. The number of hydrogen-bond acceptors (Lipinski definition) is 4. The molecule has 0 saturated carbocycles. The van der Waals surface area contributed by atoms with Gasteiger partial charge in [0, 0.05) is 41.5 Å². The van der Waals surface area contributed by atoms with Crippen LogP contribution in [0.15, 0.2) is 41.4 Å². The van der Waals surface area contributed by atoms with Crippen LogP contribution in [0.1, 0.15) is 28.3 Å². The SMILES string of the molecule is CCNC(=NCc1ccccc1F)NCC(c1ccc(C)s1)N1CCOCC1.I. The molecule has 1 aromatic heterocycles. The van der Waals surface area contributed by atoms with Crippen LogP contribution in [-0.2, 0) is 11.3 Å². The Morgan fingerprint density at radius 3 is 2.62 bits per heavy atom. The second-order valence-corrected chi connectivity index (χ2v) is 8.10. The number of ether oxygens (including phenoxy) is 1. The molecule has 1 unspecified atom stereocenters. The summed E-state index contributed by atoms with van der Waals surface area (Å²) in [6.45, 7) is 9.35. The molecule has 29 heavy (non-hydrogen) atoms. The number of aryl methyl sites for hydroxylation is 1. The van der Waals surface area contributed by atoms with Crippen molar-refractivity contribution in [2.75, 3.05) is 39.4 Å². The van der Waals surface area contributed by atoms with E-state index >= 15 is 0 Å². The van der Waals surface area contributed by atoms with Crippen molar-refractivity contribution in [3.05, 3.63) is 57.5 Å². The lowest BCUT2D eigenvalue weighted by Crippen LogP contribution is -2.46. The maximum Gasteiger partial charge on any atom is 0.191 e. The van der Waals surface area contributed by atoms with E-state index in [0.717, 1.165) is 39.4 Å². The topological polar surface area (TPSA) is 48.9 Å². The third-order valence-electron chi connectivity index (χ3n) is 4.75. The van der Waals surface area contributed by atoms with Gasteiger partial charge in [-0.25, -0.2) is 9.38 Å². The van der Waals surface area contributed by atoms with Gasteiger partial charge in [0.2, 0.25) is 0 Å². The fraction of sp³-hybridized carbons (Fsp3) is 0.476. The van der Waals surface area contributed by atoms with Gasteiger partial charge in [-0.15, -0.1) is 35.3 Å². The summed E-state index contributed by atoms with van der Waals surface area (Å²) in [5.74, 6) is 0.486. The largest absolute Gasteiger partial charge is 0.379 e. The van der Waals surface area contributed by atoms with Crippen LogP contribution in [0.5, 0.6) is 0 Å². The number of guanidine groups is 1. The first kappa shape index (κ1) is 24.0. The Morgan fingerprint density at radius 2 is 1.97 bits per heavy atom. The van der Waals surface area contributed by atoms with Crippen molar-refractivity contribution in [1.29, 1.82) is 0 Å². The Balaban J connectivity index is 0.00000300. The van der Waals surface area contributed by atoms with Crippen LogP contribution in [0.2, 0.25) is 0 Å². The number of morpholine rings is 1. The Bertz CT molecular complexity index is 780. The summed E-state index contributed by atoms with van der Waals surface area (Å²) in [6.07, 6.45) is 0. The predicted molar refractivity (Wildman–Crippen MR) is 129 cm³/mol. The van der Waals surface area contributed by atoms with Crippen LogP contribution in [-0.4, -0.2) is 50.3 Å². The van der Waals surface area contributed by atoms with Crippen LogP contribution in [0.4, 0.5) is 4.39 Å². The molecule has 1 atom stereocenters. The Labute approximate surface area is 193 Å². The molecule has 2 aromatic rings. The molecule has 8 heteroatoms. The minimum absolute atomic E-state index is 0. The summed E-state index contributed by atoms with van der Waals surface area (Å²) in [5.41, 5.74) is 0.596. The number of aliphatic imine (C=N–C) groups is 1. The highest BCUT2D eigenvalue weighted by molar-refractivity contribution is 14.0. The molecule has 3 rings (SSSR count). The highest BCUT2D eigenvalue weighted by Gasteiger charge is 2.24. The maximum atomic E-state index is 13.9. The van der Waals surface area contributed by atoms with Gasteiger partial charge in [-0.1, -0.05) is 18.2 Å². The second-order valence-electron chi connectivity index (χ2n) is 6.78. The lowest BCUT2D eigenvalue weighted by atomic mass is 10.2. The number of rotatable bonds is 7.